The van der Waals surface area contributed by atoms with E-state index in [9.17, 15) is 4.79 Å². The lowest BCUT2D eigenvalue weighted by Gasteiger charge is -2.23. The molecular weight excluding hydrogens is 342 g/mol. The predicted octanol–water partition coefficient (Wildman–Crippen LogP) is 1.86. The van der Waals surface area contributed by atoms with E-state index in [0.29, 0.717) is 11.9 Å². The molecule has 2 heterocycles. The number of rotatable bonds is 5. The highest BCUT2D eigenvalue weighted by Crippen LogP contribution is 2.31. The number of aromatic nitrogens is 2. The van der Waals surface area contributed by atoms with Crippen molar-refractivity contribution in [1.82, 2.24) is 9.97 Å². The van der Waals surface area contributed by atoms with Gasteiger partial charge in [-0.2, -0.15) is 0 Å². The molecule has 1 saturated heterocycles. The Balaban J connectivity index is 1.66. The Morgan fingerprint density at radius 1 is 1.19 bits per heavy atom. The molecule has 6 heteroatoms. The summed E-state index contributed by atoms with van der Waals surface area (Å²) < 4.78 is 11.0. The fraction of sp³-hybridized carbons (Fsp3) is 0.333. The van der Waals surface area contributed by atoms with Crippen LogP contribution in [0.5, 0.6) is 11.5 Å². The van der Waals surface area contributed by atoms with Crippen molar-refractivity contribution in [3.63, 3.8) is 0 Å². The van der Waals surface area contributed by atoms with E-state index < -0.39 is 0 Å². The first-order chi connectivity index (χ1) is 13.2. The molecule has 0 amide bonds. The maximum atomic E-state index is 12.4. The van der Waals surface area contributed by atoms with Crippen LogP contribution >= 0.6 is 0 Å². The molecule has 1 fully saturated rings. The molecule has 1 unspecified atom stereocenters. The first-order valence-electron chi connectivity index (χ1n) is 9.24. The Morgan fingerprint density at radius 3 is 2.85 bits per heavy atom. The van der Waals surface area contributed by atoms with Gasteiger partial charge in [-0.15, -0.1) is 0 Å². The van der Waals surface area contributed by atoms with Crippen LogP contribution in [0.25, 0.3) is 10.9 Å². The number of hydrogen-bond acceptors (Lipinski definition) is 4. The average Bonchev–Trinajstić information content (AvgIpc) is 3.15. The van der Waals surface area contributed by atoms with Crippen molar-refractivity contribution in [2.75, 3.05) is 20.8 Å². The summed E-state index contributed by atoms with van der Waals surface area (Å²) in [6.45, 7) is 1.70. The van der Waals surface area contributed by atoms with E-state index in [1.54, 1.807) is 20.3 Å². The van der Waals surface area contributed by atoms with Crippen molar-refractivity contribution in [3.8, 4) is 11.5 Å². The molecule has 1 aliphatic heterocycles. The number of para-hydroxylation sites is 1. The highest BCUT2D eigenvalue weighted by Gasteiger charge is 2.33. The van der Waals surface area contributed by atoms with Crippen LogP contribution in [0.3, 0.4) is 0 Å². The maximum absolute atomic E-state index is 12.4. The van der Waals surface area contributed by atoms with Gasteiger partial charge in [-0.3, -0.25) is 4.79 Å². The van der Waals surface area contributed by atoms with Gasteiger partial charge in [0.2, 0.25) is 0 Å². The number of H-pyrrole nitrogens is 1. The molecule has 27 heavy (non-hydrogen) atoms. The molecule has 0 radical (unpaired) electrons. The summed E-state index contributed by atoms with van der Waals surface area (Å²) >= 11 is 0. The van der Waals surface area contributed by atoms with Crippen molar-refractivity contribution in [2.45, 2.75) is 25.4 Å². The smallest absolute Gasteiger partial charge is 0.258 e. The number of hydrogen-bond donors (Lipinski definition) is 2. The number of methoxy groups -OCH3 is 2. The quantitative estimate of drug-likeness (QED) is 0.723. The van der Waals surface area contributed by atoms with Gasteiger partial charge in [0, 0.05) is 12.8 Å². The number of fused-ring (bicyclic) bond motifs is 1. The second-order valence-corrected chi connectivity index (χ2v) is 6.92. The minimum atomic E-state index is -0.0790. The lowest BCUT2D eigenvalue weighted by atomic mass is 10.0. The van der Waals surface area contributed by atoms with Gasteiger partial charge in [-0.25, -0.2) is 4.98 Å². The fourth-order valence-corrected chi connectivity index (χ4v) is 4.04. The third-order valence-corrected chi connectivity index (χ3v) is 5.35. The number of nitrogens with zero attached hydrogens (tertiary/aromatic N) is 1. The van der Waals surface area contributed by atoms with Crippen LogP contribution in [0.2, 0.25) is 0 Å². The van der Waals surface area contributed by atoms with Gasteiger partial charge >= 0.3 is 0 Å². The molecule has 6 nitrogen and oxygen atoms in total. The average molecular weight is 366 g/mol. The Morgan fingerprint density at radius 2 is 2.04 bits per heavy atom. The van der Waals surface area contributed by atoms with Crippen LogP contribution in [0.1, 0.15) is 30.3 Å². The van der Waals surface area contributed by atoms with Crippen LogP contribution < -0.4 is 19.9 Å². The second-order valence-electron chi connectivity index (χ2n) is 6.92. The largest absolute Gasteiger partial charge is 0.497 e. The molecule has 140 valence electrons. The van der Waals surface area contributed by atoms with Crippen LogP contribution in [0, 0.1) is 0 Å². The minimum absolute atomic E-state index is 0.0790. The first-order valence-corrected chi connectivity index (χ1v) is 9.24. The highest BCUT2D eigenvalue weighted by molar-refractivity contribution is 5.77. The highest BCUT2D eigenvalue weighted by atomic mass is 16.5. The van der Waals surface area contributed by atoms with Gasteiger partial charge in [0.25, 0.3) is 5.56 Å². The predicted molar refractivity (Wildman–Crippen MR) is 103 cm³/mol. The zero-order valence-electron chi connectivity index (χ0n) is 15.6. The third kappa shape index (κ3) is 3.40. The van der Waals surface area contributed by atoms with E-state index in [1.807, 2.05) is 30.3 Å². The van der Waals surface area contributed by atoms with Crippen molar-refractivity contribution >= 4 is 10.9 Å². The normalized spacial score (nSPS) is 19.3. The van der Waals surface area contributed by atoms with Crippen LogP contribution in [0.4, 0.5) is 0 Å². The molecule has 3 aromatic rings. The number of likely N-dealkylation sites (tertiary alicyclic amines) is 1. The molecule has 0 bridgehead atoms. The third-order valence-electron chi connectivity index (χ3n) is 5.35. The molecule has 1 aliphatic rings. The van der Waals surface area contributed by atoms with E-state index in [0.717, 1.165) is 47.8 Å². The van der Waals surface area contributed by atoms with Crippen molar-refractivity contribution in [1.29, 1.82) is 0 Å². The fourth-order valence-electron chi connectivity index (χ4n) is 4.04. The standard InChI is InChI=1S/C21H23N3O3/c1-26-14-9-10-19(27-2)16(12-14)18-8-5-11-24(18)13-20-22-17-7-4-3-6-15(17)21(25)23-20/h3-4,6-7,9-10,12,18H,5,8,11,13H2,1-2H3,(H,22,23,25)/p+1/t18-/m1/s1. The number of nitrogens with one attached hydrogen (secondary N) is 2. The molecule has 2 N–H and O–H groups in total. The Labute approximate surface area is 157 Å². The lowest BCUT2D eigenvalue weighted by Crippen LogP contribution is -3.09. The Hall–Kier alpha value is -2.86. The molecular formula is C21H24N3O3+. The number of ether oxygens (including phenoxy) is 2. The van der Waals surface area contributed by atoms with Gasteiger partial charge < -0.3 is 19.4 Å². The summed E-state index contributed by atoms with van der Waals surface area (Å²) in [5.41, 5.74) is 1.81. The van der Waals surface area contributed by atoms with Gasteiger partial charge in [0.1, 0.15) is 24.1 Å². The summed E-state index contributed by atoms with van der Waals surface area (Å²) in [6.07, 6.45) is 2.19. The van der Waals surface area contributed by atoms with Gasteiger partial charge in [0.15, 0.2) is 5.82 Å². The number of aromatic amines is 1. The zero-order chi connectivity index (χ0) is 18.8. The Bertz CT molecular complexity index is 1010. The van der Waals surface area contributed by atoms with E-state index >= 15 is 0 Å². The van der Waals surface area contributed by atoms with Gasteiger partial charge in [-0.1, -0.05) is 12.1 Å². The molecule has 0 aliphatic carbocycles. The molecule has 2 atom stereocenters. The van der Waals surface area contributed by atoms with Crippen molar-refractivity contribution in [3.05, 3.63) is 64.2 Å². The minimum Gasteiger partial charge on any atom is -0.497 e. The molecule has 1 aromatic heterocycles. The summed E-state index contributed by atoms with van der Waals surface area (Å²) in [6, 6.07) is 13.7. The molecule has 0 saturated carbocycles. The maximum Gasteiger partial charge on any atom is 0.258 e. The van der Waals surface area contributed by atoms with E-state index in [-0.39, 0.29) is 11.6 Å². The van der Waals surface area contributed by atoms with Gasteiger partial charge in [0.05, 0.1) is 37.2 Å². The first kappa shape index (κ1) is 17.5. The second kappa shape index (κ2) is 7.40. The monoisotopic (exact) mass is 366 g/mol. The summed E-state index contributed by atoms with van der Waals surface area (Å²) in [4.78, 5) is 21.4. The zero-order valence-corrected chi connectivity index (χ0v) is 15.6. The van der Waals surface area contributed by atoms with Crippen LogP contribution in [-0.4, -0.2) is 30.7 Å². The number of benzene rings is 2. The Kier molecular flexibility index (Phi) is 4.81. The molecule has 4 rings (SSSR count). The van der Waals surface area contributed by atoms with E-state index in [1.165, 1.54) is 4.90 Å². The molecule has 2 aromatic carbocycles. The number of quaternary nitrogens is 1. The summed E-state index contributed by atoms with van der Waals surface area (Å²) in [7, 11) is 3.37. The SMILES string of the molecule is COc1ccc(OC)c([C@H]2CCC[NH+]2Cc2nc3ccccc3c(=O)[nH]2)c1. The lowest BCUT2D eigenvalue weighted by molar-refractivity contribution is -0.932. The molecule has 0 spiro atoms. The summed E-state index contributed by atoms with van der Waals surface area (Å²) in [5, 5.41) is 0.628. The van der Waals surface area contributed by atoms with E-state index in [2.05, 4.69) is 16.0 Å². The summed E-state index contributed by atoms with van der Waals surface area (Å²) in [5.74, 6) is 2.43. The van der Waals surface area contributed by atoms with Crippen molar-refractivity contribution < 1.29 is 14.4 Å². The van der Waals surface area contributed by atoms with Crippen LogP contribution in [0.15, 0.2) is 47.3 Å². The van der Waals surface area contributed by atoms with Crippen LogP contribution in [-0.2, 0) is 6.54 Å². The van der Waals surface area contributed by atoms with E-state index in [4.69, 9.17) is 9.47 Å². The van der Waals surface area contributed by atoms with Crippen molar-refractivity contribution in [2.24, 2.45) is 0 Å². The van der Waals surface area contributed by atoms with Gasteiger partial charge in [-0.05, 0) is 30.3 Å². The topological polar surface area (TPSA) is 68.7 Å².